The van der Waals surface area contributed by atoms with E-state index in [1.54, 1.807) is 19.0 Å². The van der Waals surface area contributed by atoms with Gasteiger partial charge in [-0.05, 0) is 6.92 Å². The SMILES string of the molecule is CC1=C(C=O)CN(C)O1. The minimum Gasteiger partial charge on any atom is -0.410 e. The summed E-state index contributed by atoms with van der Waals surface area (Å²) in [6.45, 7) is 2.39. The zero-order valence-corrected chi connectivity index (χ0v) is 5.55. The van der Waals surface area contributed by atoms with Crippen molar-refractivity contribution in [1.82, 2.24) is 5.06 Å². The number of aldehydes is 1. The second-order valence-electron chi connectivity index (χ2n) is 2.08. The molecular formula is C6H9NO2. The van der Waals surface area contributed by atoms with Gasteiger partial charge in [0.15, 0.2) is 6.29 Å². The molecule has 0 bridgehead atoms. The molecule has 0 radical (unpaired) electrons. The number of allylic oxidation sites excluding steroid dienone is 1. The lowest BCUT2D eigenvalue weighted by Crippen LogP contribution is -2.12. The van der Waals surface area contributed by atoms with Gasteiger partial charge in [-0.3, -0.25) is 4.79 Å². The first-order valence-corrected chi connectivity index (χ1v) is 2.78. The Morgan fingerprint density at radius 1 is 1.78 bits per heavy atom. The van der Waals surface area contributed by atoms with Crippen molar-refractivity contribution in [1.29, 1.82) is 0 Å². The van der Waals surface area contributed by atoms with Crippen molar-refractivity contribution in [3.63, 3.8) is 0 Å². The molecule has 0 aromatic rings. The van der Waals surface area contributed by atoms with E-state index in [0.717, 1.165) is 11.9 Å². The molecule has 0 amide bonds. The fourth-order valence-corrected chi connectivity index (χ4v) is 0.796. The van der Waals surface area contributed by atoms with Gasteiger partial charge in [0.2, 0.25) is 0 Å². The average Bonchev–Trinajstić information content (AvgIpc) is 2.10. The molecule has 0 saturated carbocycles. The van der Waals surface area contributed by atoms with Crippen molar-refractivity contribution < 1.29 is 9.63 Å². The van der Waals surface area contributed by atoms with Gasteiger partial charge < -0.3 is 4.84 Å². The molecule has 0 N–H and O–H groups in total. The number of hydrogen-bond acceptors (Lipinski definition) is 3. The molecular weight excluding hydrogens is 118 g/mol. The molecule has 0 spiro atoms. The van der Waals surface area contributed by atoms with Gasteiger partial charge >= 0.3 is 0 Å². The van der Waals surface area contributed by atoms with Gasteiger partial charge in [0, 0.05) is 12.6 Å². The van der Waals surface area contributed by atoms with E-state index in [1.807, 2.05) is 0 Å². The van der Waals surface area contributed by atoms with Gasteiger partial charge in [-0.25, -0.2) is 0 Å². The van der Waals surface area contributed by atoms with Crippen LogP contribution in [0.15, 0.2) is 11.3 Å². The van der Waals surface area contributed by atoms with E-state index in [0.29, 0.717) is 12.3 Å². The largest absolute Gasteiger partial charge is 0.410 e. The number of likely N-dealkylation sites (N-methyl/N-ethyl adjacent to an activating group) is 1. The van der Waals surface area contributed by atoms with Crippen molar-refractivity contribution in [3.05, 3.63) is 11.3 Å². The van der Waals surface area contributed by atoms with E-state index in [-0.39, 0.29) is 0 Å². The lowest BCUT2D eigenvalue weighted by Gasteiger charge is -2.05. The molecule has 3 heteroatoms. The molecule has 0 saturated heterocycles. The number of rotatable bonds is 1. The highest BCUT2D eigenvalue weighted by atomic mass is 16.7. The Morgan fingerprint density at radius 3 is 2.67 bits per heavy atom. The summed E-state index contributed by atoms with van der Waals surface area (Å²) in [4.78, 5) is 15.2. The molecule has 0 aromatic carbocycles. The second kappa shape index (κ2) is 2.19. The van der Waals surface area contributed by atoms with E-state index < -0.39 is 0 Å². The molecule has 9 heavy (non-hydrogen) atoms. The summed E-state index contributed by atoms with van der Waals surface area (Å²) in [5.41, 5.74) is 0.734. The van der Waals surface area contributed by atoms with Crippen molar-refractivity contribution >= 4 is 6.29 Å². The molecule has 1 aliphatic rings. The first-order chi connectivity index (χ1) is 4.24. The lowest BCUT2D eigenvalue weighted by molar-refractivity contribution is -0.105. The topological polar surface area (TPSA) is 29.5 Å². The lowest BCUT2D eigenvalue weighted by atomic mass is 10.3. The minimum absolute atomic E-state index is 0.606. The molecule has 1 aliphatic heterocycles. The average molecular weight is 127 g/mol. The van der Waals surface area contributed by atoms with Crippen LogP contribution in [0.3, 0.4) is 0 Å². The second-order valence-corrected chi connectivity index (χ2v) is 2.08. The molecule has 50 valence electrons. The highest BCUT2D eigenvalue weighted by molar-refractivity contribution is 5.74. The van der Waals surface area contributed by atoms with Crippen LogP contribution in [0.2, 0.25) is 0 Å². The summed E-state index contributed by atoms with van der Waals surface area (Å²) in [7, 11) is 1.79. The molecule has 1 rings (SSSR count). The summed E-state index contributed by atoms with van der Waals surface area (Å²) >= 11 is 0. The van der Waals surface area contributed by atoms with Crippen LogP contribution in [0.5, 0.6) is 0 Å². The number of carbonyl (C=O) groups is 1. The van der Waals surface area contributed by atoms with Crippen LogP contribution in [0, 0.1) is 0 Å². The van der Waals surface area contributed by atoms with Gasteiger partial charge in [-0.1, -0.05) is 0 Å². The molecule has 3 nitrogen and oxygen atoms in total. The van der Waals surface area contributed by atoms with E-state index in [1.165, 1.54) is 0 Å². The first kappa shape index (κ1) is 6.29. The van der Waals surface area contributed by atoms with Gasteiger partial charge in [-0.2, -0.15) is 0 Å². The predicted molar refractivity (Wildman–Crippen MR) is 32.5 cm³/mol. The summed E-state index contributed by atoms with van der Waals surface area (Å²) in [5, 5.41) is 1.62. The van der Waals surface area contributed by atoms with Gasteiger partial charge in [0.05, 0.1) is 6.54 Å². The van der Waals surface area contributed by atoms with Crippen molar-refractivity contribution in [3.8, 4) is 0 Å². The number of carbonyl (C=O) groups excluding carboxylic acids is 1. The van der Waals surface area contributed by atoms with E-state index in [9.17, 15) is 4.79 Å². The quantitative estimate of drug-likeness (QED) is 0.475. The Kier molecular flexibility index (Phi) is 1.53. The van der Waals surface area contributed by atoms with Gasteiger partial charge in [0.25, 0.3) is 0 Å². The summed E-state index contributed by atoms with van der Waals surface area (Å²) in [6.07, 6.45) is 0.832. The third-order valence-electron chi connectivity index (χ3n) is 1.28. The van der Waals surface area contributed by atoms with Crippen LogP contribution in [0.25, 0.3) is 0 Å². The van der Waals surface area contributed by atoms with Crippen LogP contribution in [0.1, 0.15) is 6.92 Å². The van der Waals surface area contributed by atoms with Crippen molar-refractivity contribution in [2.45, 2.75) is 6.92 Å². The monoisotopic (exact) mass is 127 g/mol. The minimum atomic E-state index is 0.606. The maximum Gasteiger partial charge on any atom is 0.150 e. The third-order valence-corrected chi connectivity index (χ3v) is 1.28. The highest BCUT2D eigenvalue weighted by Gasteiger charge is 2.15. The van der Waals surface area contributed by atoms with Crippen LogP contribution in [0.4, 0.5) is 0 Å². The Hall–Kier alpha value is -0.830. The summed E-state index contributed by atoms with van der Waals surface area (Å²) < 4.78 is 0. The van der Waals surface area contributed by atoms with E-state index in [4.69, 9.17) is 4.84 Å². The van der Waals surface area contributed by atoms with Gasteiger partial charge in [0.1, 0.15) is 5.76 Å². The van der Waals surface area contributed by atoms with Crippen LogP contribution >= 0.6 is 0 Å². The van der Waals surface area contributed by atoms with Crippen molar-refractivity contribution in [2.24, 2.45) is 0 Å². The Morgan fingerprint density at radius 2 is 2.44 bits per heavy atom. The van der Waals surface area contributed by atoms with Gasteiger partial charge in [-0.15, -0.1) is 5.06 Å². The summed E-state index contributed by atoms with van der Waals surface area (Å²) in [5.74, 6) is 0.715. The number of hydrogen-bond donors (Lipinski definition) is 0. The first-order valence-electron chi connectivity index (χ1n) is 2.78. The van der Waals surface area contributed by atoms with E-state index >= 15 is 0 Å². The van der Waals surface area contributed by atoms with Crippen molar-refractivity contribution in [2.75, 3.05) is 13.6 Å². The zero-order chi connectivity index (χ0) is 6.85. The van der Waals surface area contributed by atoms with Crippen LogP contribution in [-0.4, -0.2) is 24.9 Å². The number of hydroxylamine groups is 2. The Labute approximate surface area is 53.9 Å². The van der Waals surface area contributed by atoms with Crippen LogP contribution in [-0.2, 0) is 9.63 Å². The maximum absolute atomic E-state index is 10.2. The molecule has 0 atom stereocenters. The predicted octanol–water partition coefficient (Wildman–Crippen LogP) is 0.336. The zero-order valence-electron chi connectivity index (χ0n) is 5.55. The Balaban J connectivity index is 2.69. The normalized spacial score (nSPS) is 20.2. The molecule has 1 heterocycles. The molecule has 0 unspecified atom stereocenters. The summed E-state index contributed by atoms with van der Waals surface area (Å²) in [6, 6.07) is 0. The maximum atomic E-state index is 10.2. The standard InChI is InChI=1S/C6H9NO2/c1-5-6(4-8)3-7(2)9-5/h4H,3H2,1-2H3. The fourth-order valence-electron chi connectivity index (χ4n) is 0.796. The third kappa shape index (κ3) is 1.10. The molecule has 0 aliphatic carbocycles. The molecule has 0 fully saturated rings. The smallest absolute Gasteiger partial charge is 0.150 e. The van der Waals surface area contributed by atoms with E-state index in [2.05, 4.69) is 0 Å². The Bertz CT molecular complexity index is 162. The molecule has 0 aromatic heterocycles. The van der Waals surface area contributed by atoms with Crippen LogP contribution < -0.4 is 0 Å². The fraction of sp³-hybridized carbons (Fsp3) is 0.500. The highest BCUT2D eigenvalue weighted by Crippen LogP contribution is 2.13. The number of nitrogens with zero attached hydrogens (tertiary/aromatic N) is 1.